The molecule has 0 radical (unpaired) electrons. The third kappa shape index (κ3) is 3.37. The monoisotopic (exact) mass is 202 g/mol. The fourth-order valence-corrected chi connectivity index (χ4v) is 1.75. The Balaban J connectivity index is 2.88. The van der Waals surface area contributed by atoms with Crippen LogP contribution in [0.25, 0.3) is 6.08 Å². The van der Waals surface area contributed by atoms with Crippen molar-refractivity contribution in [2.24, 2.45) is 0 Å². The van der Waals surface area contributed by atoms with Gasteiger partial charge in [0.2, 0.25) is 0 Å². The summed E-state index contributed by atoms with van der Waals surface area (Å²) in [4.78, 5) is 0. The molecule has 1 heteroatoms. The molecule has 80 valence electrons. The molecule has 0 aliphatic heterocycles. The quantitative estimate of drug-likeness (QED) is 0.508. The summed E-state index contributed by atoms with van der Waals surface area (Å²) in [7, 11) is 4.42. The molecule has 15 heavy (non-hydrogen) atoms. The lowest BCUT2D eigenvalue weighted by molar-refractivity contribution is -0.897. The van der Waals surface area contributed by atoms with Crippen LogP contribution in [-0.4, -0.2) is 25.1 Å². The topological polar surface area (TPSA) is 0 Å². The average Bonchev–Trinajstić information content (AvgIpc) is 2.17. The van der Waals surface area contributed by atoms with Gasteiger partial charge in [-0.05, 0) is 11.6 Å². The Kier molecular flexibility index (Phi) is 3.87. The Bertz CT molecular complexity index is 350. The SMILES string of the molecule is C=CC[N+](C)(C)Cc1ccccc1C=C. The van der Waals surface area contributed by atoms with Crippen LogP contribution in [0.15, 0.2) is 43.5 Å². The van der Waals surface area contributed by atoms with Gasteiger partial charge in [-0.2, -0.15) is 0 Å². The third-order valence-electron chi connectivity index (χ3n) is 2.50. The van der Waals surface area contributed by atoms with Gasteiger partial charge in [-0.1, -0.05) is 43.5 Å². The summed E-state index contributed by atoms with van der Waals surface area (Å²) in [6.07, 6.45) is 3.89. The maximum atomic E-state index is 3.84. The van der Waals surface area contributed by atoms with E-state index in [1.165, 1.54) is 11.1 Å². The van der Waals surface area contributed by atoms with Gasteiger partial charge >= 0.3 is 0 Å². The highest BCUT2D eigenvalue weighted by Crippen LogP contribution is 2.15. The van der Waals surface area contributed by atoms with Gasteiger partial charge in [-0.3, -0.25) is 0 Å². The highest BCUT2D eigenvalue weighted by Gasteiger charge is 2.14. The van der Waals surface area contributed by atoms with Crippen molar-refractivity contribution in [3.8, 4) is 0 Å². The lowest BCUT2D eigenvalue weighted by Gasteiger charge is -2.29. The van der Waals surface area contributed by atoms with Crippen LogP contribution < -0.4 is 0 Å². The van der Waals surface area contributed by atoms with Crippen molar-refractivity contribution in [2.45, 2.75) is 6.54 Å². The first-order chi connectivity index (χ1) is 7.09. The van der Waals surface area contributed by atoms with Crippen molar-refractivity contribution in [3.63, 3.8) is 0 Å². The van der Waals surface area contributed by atoms with Crippen LogP contribution in [0, 0.1) is 0 Å². The second-order valence-corrected chi connectivity index (χ2v) is 4.47. The van der Waals surface area contributed by atoms with Crippen molar-refractivity contribution in [1.82, 2.24) is 0 Å². The van der Waals surface area contributed by atoms with Gasteiger partial charge in [0.15, 0.2) is 0 Å². The molecule has 0 unspecified atom stereocenters. The molecule has 1 aromatic carbocycles. The molecule has 0 saturated heterocycles. The maximum absolute atomic E-state index is 3.84. The van der Waals surface area contributed by atoms with E-state index in [1.54, 1.807) is 0 Å². The summed E-state index contributed by atoms with van der Waals surface area (Å²) in [5.74, 6) is 0. The van der Waals surface area contributed by atoms with Gasteiger partial charge in [0.25, 0.3) is 0 Å². The average molecular weight is 202 g/mol. The molecule has 0 atom stereocenters. The number of benzene rings is 1. The molecule has 0 heterocycles. The first kappa shape index (κ1) is 11.7. The molecular formula is C14H20N+. The van der Waals surface area contributed by atoms with Crippen molar-refractivity contribution in [2.75, 3.05) is 20.6 Å². The highest BCUT2D eigenvalue weighted by atomic mass is 15.3. The minimum absolute atomic E-state index is 0.925. The van der Waals surface area contributed by atoms with Gasteiger partial charge in [0.05, 0.1) is 20.6 Å². The van der Waals surface area contributed by atoms with E-state index < -0.39 is 0 Å². The van der Waals surface area contributed by atoms with Crippen molar-refractivity contribution >= 4 is 6.08 Å². The van der Waals surface area contributed by atoms with E-state index in [4.69, 9.17) is 0 Å². The third-order valence-corrected chi connectivity index (χ3v) is 2.50. The Hall–Kier alpha value is -1.34. The molecule has 0 bridgehead atoms. The van der Waals surface area contributed by atoms with Crippen LogP contribution in [0.3, 0.4) is 0 Å². The Labute approximate surface area is 92.9 Å². The zero-order valence-corrected chi connectivity index (χ0v) is 9.74. The standard InChI is InChI=1S/C14H20N/c1-5-11-15(3,4)12-14-10-8-7-9-13(14)6-2/h5-10H,1-2,11-12H2,3-4H3/q+1. The lowest BCUT2D eigenvalue weighted by Crippen LogP contribution is -2.38. The van der Waals surface area contributed by atoms with Crippen molar-refractivity contribution < 1.29 is 4.48 Å². The second-order valence-electron chi connectivity index (χ2n) is 4.47. The number of hydrogen-bond donors (Lipinski definition) is 0. The Morgan fingerprint density at radius 1 is 1.20 bits per heavy atom. The molecule has 1 rings (SSSR count). The van der Waals surface area contributed by atoms with Crippen LogP contribution in [-0.2, 0) is 6.54 Å². The first-order valence-corrected chi connectivity index (χ1v) is 5.22. The van der Waals surface area contributed by atoms with E-state index >= 15 is 0 Å². The Morgan fingerprint density at radius 3 is 2.47 bits per heavy atom. The molecule has 0 fully saturated rings. The lowest BCUT2D eigenvalue weighted by atomic mass is 10.1. The largest absolute Gasteiger partial charge is 0.321 e. The fraction of sp³-hybridized carbons (Fsp3) is 0.286. The summed E-state index contributed by atoms with van der Waals surface area (Å²) in [6, 6.07) is 8.40. The van der Waals surface area contributed by atoms with Crippen LogP contribution in [0.5, 0.6) is 0 Å². The molecule has 0 saturated carbocycles. The Morgan fingerprint density at radius 2 is 1.87 bits per heavy atom. The number of rotatable bonds is 5. The molecule has 0 aliphatic carbocycles. The summed E-state index contributed by atoms with van der Waals surface area (Å²) in [6.45, 7) is 9.62. The molecule has 0 aliphatic rings. The summed E-state index contributed by atoms with van der Waals surface area (Å²) in [5.41, 5.74) is 2.58. The van der Waals surface area contributed by atoms with Gasteiger partial charge in [-0.15, -0.1) is 0 Å². The molecule has 0 amide bonds. The zero-order valence-electron chi connectivity index (χ0n) is 9.74. The number of likely N-dealkylation sites (N-methyl/N-ethyl adjacent to an activating group) is 1. The number of nitrogens with zero attached hydrogens (tertiary/aromatic N) is 1. The van der Waals surface area contributed by atoms with Gasteiger partial charge in [0, 0.05) is 5.56 Å². The predicted octanol–water partition coefficient (Wildman–Crippen LogP) is 3.09. The normalized spacial score (nSPS) is 11.1. The number of quaternary nitrogens is 1. The van der Waals surface area contributed by atoms with E-state index in [9.17, 15) is 0 Å². The first-order valence-electron chi connectivity index (χ1n) is 5.22. The van der Waals surface area contributed by atoms with Gasteiger partial charge in [-0.25, -0.2) is 0 Å². The molecule has 0 N–H and O–H groups in total. The molecule has 1 aromatic rings. The van der Waals surface area contributed by atoms with Crippen LogP contribution in [0.2, 0.25) is 0 Å². The fourth-order valence-electron chi connectivity index (χ4n) is 1.75. The van der Waals surface area contributed by atoms with E-state index in [1.807, 2.05) is 18.2 Å². The van der Waals surface area contributed by atoms with Crippen molar-refractivity contribution in [3.05, 3.63) is 54.6 Å². The van der Waals surface area contributed by atoms with E-state index in [2.05, 4.69) is 45.5 Å². The molecule has 0 spiro atoms. The summed E-state index contributed by atoms with van der Waals surface area (Å²) < 4.78 is 0.925. The maximum Gasteiger partial charge on any atom is 0.105 e. The summed E-state index contributed by atoms with van der Waals surface area (Å²) in [5, 5.41) is 0. The minimum Gasteiger partial charge on any atom is -0.321 e. The smallest absolute Gasteiger partial charge is 0.105 e. The zero-order chi connectivity index (χ0) is 11.3. The number of hydrogen-bond acceptors (Lipinski definition) is 0. The van der Waals surface area contributed by atoms with E-state index in [0.29, 0.717) is 0 Å². The molecule has 0 aromatic heterocycles. The van der Waals surface area contributed by atoms with Crippen LogP contribution in [0.4, 0.5) is 0 Å². The van der Waals surface area contributed by atoms with E-state index in [-0.39, 0.29) is 0 Å². The molecular weight excluding hydrogens is 182 g/mol. The predicted molar refractivity (Wildman–Crippen MR) is 67.4 cm³/mol. The highest BCUT2D eigenvalue weighted by molar-refractivity contribution is 5.51. The molecule has 1 nitrogen and oxygen atoms in total. The second kappa shape index (κ2) is 4.94. The van der Waals surface area contributed by atoms with E-state index in [0.717, 1.165) is 17.6 Å². The van der Waals surface area contributed by atoms with Crippen LogP contribution in [0.1, 0.15) is 11.1 Å². The van der Waals surface area contributed by atoms with Gasteiger partial charge < -0.3 is 4.48 Å². The minimum atomic E-state index is 0.925. The summed E-state index contributed by atoms with van der Waals surface area (Å²) >= 11 is 0. The van der Waals surface area contributed by atoms with Gasteiger partial charge in [0.1, 0.15) is 6.54 Å². The van der Waals surface area contributed by atoms with Crippen LogP contribution >= 0.6 is 0 Å². The van der Waals surface area contributed by atoms with Crippen molar-refractivity contribution in [1.29, 1.82) is 0 Å².